The molecule has 1 aliphatic heterocycles. The van der Waals surface area contributed by atoms with Crippen molar-refractivity contribution >= 4 is 22.9 Å². The lowest BCUT2D eigenvalue weighted by molar-refractivity contribution is 0.103. The zero-order valence-corrected chi connectivity index (χ0v) is 18.0. The van der Waals surface area contributed by atoms with E-state index in [1.54, 1.807) is 0 Å². The molecule has 5 rings (SSSR count). The number of carbonyl (C=O) groups is 1. The normalized spacial score (nSPS) is 14.1. The number of rotatable bonds is 4. The van der Waals surface area contributed by atoms with Crippen molar-refractivity contribution in [2.24, 2.45) is 0 Å². The summed E-state index contributed by atoms with van der Waals surface area (Å²) in [6.45, 7) is 2.76. The maximum atomic E-state index is 13.4. The monoisotopic (exact) mass is 421 g/mol. The lowest BCUT2D eigenvalue weighted by atomic mass is 10.0. The molecule has 0 radical (unpaired) electrons. The molecule has 32 heavy (non-hydrogen) atoms. The summed E-state index contributed by atoms with van der Waals surface area (Å²) in [5, 5.41) is 18.7. The Kier molecular flexibility index (Phi) is 5.16. The molecular weight excluding hydrogens is 398 g/mol. The van der Waals surface area contributed by atoms with Gasteiger partial charge < -0.3 is 8.97 Å². The van der Waals surface area contributed by atoms with Gasteiger partial charge in [-0.05, 0) is 43.5 Å². The largest absolute Gasteiger partial charge is 0.313 e. The number of hydrogen-bond acceptors (Lipinski definition) is 4. The van der Waals surface area contributed by atoms with Crippen LogP contribution in [-0.2, 0) is 13.0 Å². The minimum atomic E-state index is -0.0428. The first kappa shape index (κ1) is 20.0. The SMILES string of the molecule is Cc1c(/C=C(\C#N)c2nnc3n2CCCCC3)c2ccccn2c1C(=O)c1ccccc1. The van der Waals surface area contributed by atoms with E-state index in [1.807, 2.05) is 72.1 Å². The van der Waals surface area contributed by atoms with Crippen molar-refractivity contribution in [3.05, 3.63) is 88.8 Å². The Morgan fingerprint density at radius 2 is 1.88 bits per heavy atom. The van der Waals surface area contributed by atoms with Gasteiger partial charge in [-0.3, -0.25) is 4.79 Å². The Labute approximate surface area is 186 Å². The summed E-state index contributed by atoms with van der Waals surface area (Å²) in [6, 6.07) is 17.4. The topological polar surface area (TPSA) is 76.0 Å². The number of nitrogens with zero attached hydrogens (tertiary/aromatic N) is 5. The van der Waals surface area contributed by atoms with E-state index >= 15 is 0 Å². The minimum Gasteiger partial charge on any atom is -0.313 e. The predicted octanol–water partition coefficient (Wildman–Crippen LogP) is 4.86. The number of allylic oxidation sites excluding steroid dienone is 1. The van der Waals surface area contributed by atoms with E-state index in [1.165, 1.54) is 0 Å². The number of nitriles is 1. The molecule has 0 bridgehead atoms. The maximum absolute atomic E-state index is 13.4. The first-order chi connectivity index (χ1) is 15.7. The third-order valence-electron chi connectivity index (χ3n) is 6.15. The fraction of sp³-hybridized carbons (Fsp3) is 0.231. The molecule has 0 fully saturated rings. The van der Waals surface area contributed by atoms with Crippen molar-refractivity contribution in [2.45, 2.75) is 39.2 Å². The van der Waals surface area contributed by atoms with Crippen molar-refractivity contribution in [1.29, 1.82) is 5.26 Å². The highest BCUT2D eigenvalue weighted by atomic mass is 16.1. The summed E-state index contributed by atoms with van der Waals surface area (Å²) < 4.78 is 3.99. The van der Waals surface area contributed by atoms with E-state index in [-0.39, 0.29) is 5.78 Å². The summed E-state index contributed by atoms with van der Waals surface area (Å²) in [6.07, 6.45) is 7.94. The number of benzene rings is 1. The van der Waals surface area contributed by atoms with E-state index < -0.39 is 0 Å². The standard InChI is InChI=1S/C26H23N5O/c1-18-21(16-20(17-27)26-29-28-23-13-6-3-8-15-31(23)26)22-12-7-9-14-30(22)24(18)25(32)19-10-4-2-5-11-19/h2,4-5,7,9-12,14,16H,3,6,8,13,15H2,1H3/b20-16+. The van der Waals surface area contributed by atoms with Crippen LogP contribution in [0, 0.1) is 18.3 Å². The summed E-state index contributed by atoms with van der Waals surface area (Å²) in [4.78, 5) is 13.4. The van der Waals surface area contributed by atoms with Crippen LogP contribution < -0.4 is 0 Å². The van der Waals surface area contributed by atoms with Gasteiger partial charge in [0.2, 0.25) is 5.78 Å². The first-order valence-electron chi connectivity index (χ1n) is 10.9. The fourth-order valence-electron chi connectivity index (χ4n) is 4.52. The molecule has 4 heterocycles. The molecule has 0 N–H and O–H groups in total. The van der Waals surface area contributed by atoms with Gasteiger partial charge in [-0.1, -0.05) is 42.8 Å². The van der Waals surface area contributed by atoms with Crippen molar-refractivity contribution in [3.63, 3.8) is 0 Å². The second kappa shape index (κ2) is 8.27. The Morgan fingerprint density at radius 1 is 1.06 bits per heavy atom. The molecule has 0 saturated heterocycles. The molecule has 0 atom stereocenters. The minimum absolute atomic E-state index is 0.0428. The van der Waals surface area contributed by atoms with Gasteiger partial charge in [0.15, 0.2) is 5.82 Å². The van der Waals surface area contributed by atoms with Gasteiger partial charge in [0.25, 0.3) is 0 Å². The van der Waals surface area contributed by atoms with E-state index in [0.717, 1.165) is 54.7 Å². The number of hydrogen-bond donors (Lipinski definition) is 0. The van der Waals surface area contributed by atoms with Crippen LogP contribution >= 0.6 is 0 Å². The number of pyridine rings is 1. The molecule has 0 unspecified atom stereocenters. The molecule has 6 nitrogen and oxygen atoms in total. The smallest absolute Gasteiger partial charge is 0.210 e. The average Bonchev–Trinajstić information content (AvgIpc) is 3.25. The molecule has 0 spiro atoms. The van der Waals surface area contributed by atoms with Crippen LogP contribution in [0.25, 0.3) is 17.2 Å². The number of carbonyl (C=O) groups excluding carboxylic acids is 1. The molecule has 1 aliphatic rings. The second-order valence-electron chi connectivity index (χ2n) is 8.11. The highest BCUT2D eigenvalue weighted by Gasteiger charge is 2.23. The number of ketones is 1. The highest BCUT2D eigenvalue weighted by molar-refractivity contribution is 6.11. The maximum Gasteiger partial charge on any atom is 0.210 e. The van der Waals surface area contributed by atoms with Gasteiger partial charge in [-0.25, -0.2) is 0 Å². The van der Waals surface area contributed by atoms with Crippen molar-refractivity contribution in [2.75, 3.05) is 0 Å². The molecule has 158 valence electrons. The molecule has 0 saturated carbocycles. The number of aromatic nitrogens is 4. The molecule has 1 aromatic carbocycles. The van der Waals surface area contributed by atoms with Gasteiger partial charge >= 0.3 is 0 Å². The zero-order valence-electron chi connectivity index (χ0n) is 18.0. The third kappa shape index (κ3) is 3.32. The van der Waals surface area contributed by atoms with Gasteiger partial charge in [0.1, 0.15) is 11.9 Å². The lowest BCUT2D eigenvalue weighted by Gasteiger charge is -2.06. The first-order valence-corrected chi connectivity index (χ1v) is 10.9. The number of aryl methyl sites for hydroxylation is 1. The molecule has 6 heteroatoms. The van der Waals surface area contributed by atoms with Gasteiger partial charge in [-0.15, -0.1) is 10.2 Å². The second-order valence-corrected chi connectivity index (χ2v) is 8.11. The van der Waals surface area contributed by atoms with Crippen molar-refractivity contribution < 1.29 is 4.79 Å². The van der Waals surface area contributed by atoms with Gasteiger partial charge in [0, 0.05) is 30.3 Å². The van der Waals surface area contributed by atoms with Crippen LogP contribution in [0.5, 0.6) is 0 Å². The summed E-state index contributed by atoms with van der Waals surface area (Å²) in [7, 11) is 0. The Hall–Kier alpha value is -3.98. The Morgan fingerprint density at radius 3 is 2.69 bits per heavy atom. The quantitative estimate of drug-likeness (QED) is 0.348. The molecule has 0 aliphatic carbocycles. The summed E-state index contributed by atoms with van der Waals surface area (Å²) in [5.74, 6) is 1.51. The predicted molar refractivity (Wildman–Crippen MR) is 123 cm³/mol. The summed E-state index contributed by atoms with van der Waals surface area (Å²) in [5.41, 5.74) is 4.28. The van der Waals surface area contributed by atoms with E-state index in [9.17, 15) is 10.1 Å². The molecule has 0 amide bonds. The van der Waals surface area contributed by atoms with Crippen LogP contribution in [0.2, 0.25) is 0 Å². The average molecular weight is 422 g/mol. The van der Waals surface area contributed by atoms with E-state index in [2.05, 4.69) is 20.8 Å². The van der Waals surface area contributed by atoms with Crippen LogP contribution in [0.3, 0.4) is 0 Å². The lowest BCUT2D eigenvalue weighted by Crippen LogP contribution is -2.06. The molecule has 3 aromatic heterocycles. The molecular formula is C26H23N5O. The van der Waals surface area contributed by atoms with E-state index in [0.29, 0.717) is 22.7 Å². The van der Waals surface area contributed by atoms with Crippen LogP contribution in [-0.4, -0.2) is 24.9 Å². The Bertz CT molecular complexity index is 1390. The van der Waals surface area contributed by atoms with Gasteiger partial charge in [-0.2, -0.15) is 5.26 Å². The number of fused-ring (bicyclic) bond motifs is 2. The fourth-order valence-corrected chi connectivity index (χ4v) is 4.52. The van der Waals surface area contributed by atoms with Crippen LogP contribution in [0.15, 0.2) is 54.7 Å². The Balaban J connectivity index is 1.68. The van der Waals surface area contributed by atoms with Crippen molar-refractivity contribution in [1.82, 2.24) is 19.2 Å². The van der Waals surface area contributed by atoms with Crippen LogP contribution in [0.1, 0.15) is 58.1 Å². The highest BCUT2D eigenvalue weighted by Crippen LogP contribution is 2.29. The van der Waals surface area contributed by atoms with Crippen molar-refractivity contribution in [3.8, 4) is 6.07 Å². The van der Waals surface area contributed by atoms with Gasteiger partial charge in [0.05, 0.1) is 16.8 Å². The van der Waals surface area contributed by atoms with Crippen LogP contribution in [0.4, 0.5) is 0 Å². The zero-order chi connectivity index (χ0) is 22.1. The van der Waals surface area contributed by atoms with E-state index in [4.69, 9.17) is 0 Å². The molecule has 4 aromatic rings. The third-order valence-corrected chi connectivity index (χ3v) is 6.15. The summed E-state index contributed by atoms with van der Waals surface area (Å²) >= 11 is 0.